The molecule has 0 saturated carbocycles. The van der Waals surface area contributed by atoms with Crippen molar-refractivity contribution in [1.82, 2.24) is 4.90 Å². The normalized spacial score (nSPS) is 11.4. The zero-order valence-electron chi connectivity index (χ0n) is 12.1. The third kappa shape index (κ3) is 4.43. The molecule has 1 rings (SSSR count). The van der Waals surface area contributed by atoms with Crippen LogP contribution < -0.4 is 0 Å². The van der Waals surface area contributed by atoms with Crippen LogP contribution in [-0.4, -0.2) is 28.9 Å². The average molecular weight is 267 g/mol. The number of hydrogen-bond donors (Lipinski definition) is 1. The highest BCUT2D eigenvalue weighted by Crippen LogP contribution is 2.21. The van der Waals surface area contributed by atoms with Crippen molar-refractivity contribution in [1.29, 1.82) is 0 Å². The highest BCUT2D eigenvalue weighted by atomic mass is 16.4. The number of hydrogen-bond acceptors (Lipinski definition) is 3. The fraction of sp³-hybridized carbons (Fsp3) is 0.571. The van der Waals surface area contributed by atoms with Crippen molar-refractivity contribution >= 4 is 11.9 Å². The summed E-state index contributed by atoms with van der Waals surface area (Å²) in [6, 6.07) is 1.47. The standard InChI is InChI=1S/C14H21NO4/c1-9-11(13(17)18)6-10(19-9)8-15(5)12(16)7-14(2,3)4/h6H,7-8H2,1-5H3,(H,17,18). The van der Waals surface area contributed by atoms with Crippen LogP contribution in [0.25, 0.3) is 0 Å². The Bertz CT molecular complexity index is 482. The van der Waals surface area contributed by atoms with Gasteiger partial charge < -0.3 is 14.4 Å². The molecule has 0 radical (unpaired) electrons. The number of carboxylic acid groups (broad SMARTS) is 1. The van der Waals surface area contributed by atoms with E-state index in [9.17, 15) is 9.59 Å². The van der Waals surface area contributed by atoms with Crippen molar-refractivity contribution in [2.45, 2.75) is 40.7 Å². The van der Waals surface area contributed by atoms with Gasteiger partial charge in [-0.25, -0.2) is 4.79 Å². The maximum atomic E-state index is 12.0. The molecule has 0 spiro atoms. The van der Waals surface area contributed by atoms with Crippen molar-refractivity contribution in [3.05, 3.63) is 23.2 Å². The molecule has 0 fully saturated rings. The maximum Gasteiger partial charge on any atom is 0.339 e. The first-order chi connectivity index (χ1) is 8.60. The minimum absolute atomic E-state index is 0.0124. The molecular weight excluding hydrogens is 246 g/mol. The molecule has 0 aliphatic carbocycles. The first-order valence-corrected chi connectivity index (χ1v) is 6.17. The largest absolute Gasteiger partial charge is 0.478 e. The van der Waals surface area contributed by atoms with Gasteiger partial charge in [0.2, 0.25) is 5.91 Å². The van der Waals surface area contributed by atoms with E-state index in [0.717, 1.165) is 0 Å². The van der Waals surface area contributed by atoms with Gasteiger partial charge in [0.1, 0.15) is 17.1 Å². The lowest BCUT2D eigenvalue weighted by Gasteiger charge is -2.22. The van der Waals surface area contributed by atoms with Gasteiger partial charge in [0.05, 0.1) is 6.54 Å². The first kappa shape index (κ1) is 15.3. The fourth-order valence-electron chi connectivity index (χ4n) is 1.74. The Morgan fingerprint density at radius 1 is 1.37 bits per heavy atom. The molecule has 5 nitrogen and oxygen atoms in total. The number of amides is 1. The van der Waals surface area contributed by atoms with Gasteiger partial charge in [0.15, 0.2) is 0 Å². The Kier molecular flexibility index (Phi) is 4.39. The number of carbonyl (C=O) groups is 2. The molecule has 0 aliphatic rings. The van der Waals surface area contributed by atoms with Gasteiger partial charge in [-0.05, 0) is 18.4 Å². The van der Waals surface area contributed by atoms with Crippen LogP contribution in [0.15, 0.2) is 10.5 Å². The molecule has 5 heteroatoms. The van der Waals surface area contributed by atoms with Crippen LogP contribution >= 0.6 is 0 Å². The minimum Gasteiger partial charge on any atom is -0.478 e. The summed E-state index contributed by atoms with van der Waals surface area (Å²) in [6.45, 7) is 7.88. The van der Waals surface area contributed by atoms with E-state index in [1.807, 2.05) is 20.8 Å². The fourth-order valence-corrected chi connectivity index (χ4v) is 1.74. The van der Waals surface area contributed by atoms with Crippen molar-refractivity contribution in [3.63, 3.8) is 0 Å². The Morgan fingerprint density at radius 2 is 1.95 bits per heavy atom. The number of carbonyl (C=O) groups excluding carboxylic acids is 1. The molecule has 106 valence electrons. The quantitative estimate of drug-likeness (QED) is 0.910. The average Bonchev–Trinajstić information content (AvgIpc) is 2.56. The second-order valence-electron chi connectivity index (χ2n) is 5.97. The zero-order valence-corrected chi connectivity index (χ0v) is 12.1. The molecule has 1 N–H and O–H groups in total. The van der Waals surface area contributed by atoms with Crippen LogP contribution in [0, 0.1) is 12.3 Å². The van der Waals surface area contributed by atoms with Crippen LogP contribution in [0.1, 0.15) is 49.1 Å². The SMILES string of the molecule is Cc1oc(CN(C)C(=O)CC(C)(C)C)cc1C(=O)O. The summed E-state index contributed by atoms with van der Waals surface area (Å²) in [5.41, 5.74) is 0.0723. The van der Waals surface area contributed by atoms with Crippen molar-refractivity contribution in [3.8, 4) is 0 Å². The summed E-state index contributed by atoms with van der Waals surface area (Å²) in [6.07, 6.45) is 0.439. The van der Waals surface area contributed by atoms with E-state index in [0.29, 0.717) is 17.9 Å². The summed E-state index contributed by atoms with van der Waals surface area (Å²) < 4.78 is 5.35. The van der Waals surface area contributed by atoms with Gasteiger partial charge in [-0.15, -0.1) is 0 Å². The van der Waals surface area contributed by atoms with E-state index >= 15 is 0 Å². The maximum absolute atomic E-state index is 12.0. The summed E-state index contributed by atoms with van der Waals surface area (Å²) in [7, 11) is 1.69. The van der Waals surface area contributed by atoms with Crippen LogP contribution in [0.5, 0.6) is 0 Å². The summed E-state index contributed by atoms with van der Waals surface area (Å²) >= 11 is 0. The molecule has 1 heterocycles. The molecule has 0 unspecified atom stereocenters. The van der Waals surface area contributed by atoms with Crippen LogP contribution in [0.3, 0.4) is 0 Å². The third-order valence-corrected chi connectivity index (χ3v) is 2.70. The van der Waals surface area contributed by atoms with E-state index in [-0.39, 0.29) is 23.4 Å². The number of aryl methyl sites for hydroxylation is 1. The van der Waals surface area contributed by atoms with Crippen molar-refractivity contribution in [2.24, 2.45) is 5.41 Å². The molecule has 0 aromatic carbocycles. The van der Waals surface area contributed by atoms with E-state index in [1.165, 1.54) is 6.07 Å². The van der Waals surface area contributed by atoms with E-state index < -0.39 is 5.97 Å². The predicted molar refractivity (Wildman–Crippen MR) is 71.0 cm³/mol. The van der Waals surface area contributed by atoms with Gasteiger partial charge in [-0.2, -0.15) is 0 Å². The Hall–Kier alpha value is -1.78. The first-order valence-electron chi connectivity index (χ1n) is 6.17. The predicted octanol–water partition coefficient (Wildman–Crippen LogP) is 2.68. The topological polar surface area (TPSA) is 70.8 Å². The Labute approximate surface area is 113 Å². The van der Waals surface area contributed by atoms with E-state index in [4.69, 9.17) is 9.52 Å². The minimum atomic E-state index is -1.02. The van der Waals surface area contributed by atoms with E-state index in [1.54, 1.807) is 18.9 Å². The highest BCUT2D eigenvalue weighted by Gasteiger charge is 2.21. The Morgan fingerprint density at radius 3 is 2.37 bits per heavy atom. The molecule has 0 bridgehead atoms. The van der Waals surface area contributed by atoms with Gasteiger partial charge in [0.25, 0.3) is 0 Å². The molecule has 19 heavy (non-hydrogen) atoms. The second kappa shape index (κ2) is 5.47. The van der Waals surface area contributed by atoms with Crippen LogP contribution in [-0.2, 0) is 11.3 Å². The highest BCUT2D eigenvalue weighted by molar-refractivity contribution is 5.88. The number of carboxylic acids is 1. The van der Waals surface area contributed by atoms with Gasteiger partial charge >= 0.3 is 5.97 Å². The van der Waals surface area contributed by atoms with Crippen molar-refractivity contribution in [2.75, 3.05) is 7.05 Å². The summed E-state index contributed by atoms with van der Waals surface area (Å²) in [4.78, 5) is 24.4. The number of rotatable bonds is 4. The number of aromatic carboxylic acids is 1. The molecule has 0 aliphatic heterocycles. The lowest BCUT2D eigenvalue weighted by molar-refractivity contribution is -0.132. The van der Waals surface area contributed by atoms with Crippen LogP contribution in [0.2, 0.25) is 0 Å². The second-order valence-corrected chi connectivity index (χ2v) is 5.97. The van der Waals surface area contributed by atoms with Gasteiger partial charge in [-0.3, -0.25) is 4.79 Å². The molecule has 1 amide bonds. The smallest absolute Gasteiger partial charge is 0.339 e. The molecule has 1 aromatic heterocycles. The van der Waals surface area contributed by atoms with Gasteiger partial charge in [-0.1, -0.05) is 20.8 Å². The number of nitrogens with zero attached hydrogens (tertiary/aromatic N) is 1. The van der Waals surface area contributed by atoms with E-state index in [2.05, 4.69) is 0 Å². The molecule has 0 atom stereocenters. The van der Waals surface area contributed by atoms with Crippen molar-refractivity contribution < 1.29 is 19.1 Å². The van der Waals surface area contributed by atoms with Crippen LogP contribution in [0.4, 0.5) is 0 Å². The van der Waals surface area contributed by atoms with Gasteiger partial charge in [0, 0.05) is 13.5 Å². The Balaban J connectivity index is 2.72. The monoisotopic (exact) mass is 267 g/mol. The zero-order chi connectivity index (χ0) is 14.8. The molecule has 0 saturated heterocycles. The third-order valence-electron chi connectivity index (χ3n) is 2.70. The number of furan rings is 1. The molecular formula is C14H21NO4. The summed E-state index contributed by atoms with van der Waals surface area (Å²) in [5, 5.41) is 8.93. The molecule has 1 aromatic rings. The lowest BCUT2D eigenvalue weighted by Crippen LogP contribution is -2.29. The summed E-state index contributed by atoms with van der Waals surface area (Å²) in [5.74, 6) is -0.159. The lowest BCUT2D eigenvalue weighted by atomic mass is 9.92.